The first-order valence-corrected chi connectivity index (χ1v) is 7.56. The lowest BCUT2D eigenvalue weighted by Crippen LogP contribution is -2.28. The van der Waals surface area contributed by atoms with Crippen molar-refractivity contribution >= 4 is 31.7 Å². The molecule has 0 aliphatic rings. The number of nitrogens with one attached hydrogen (secondary N) is 1. The molecule has 1 N–H and O–H groups in total. The third-order valence-electron chi connectivity index (χ3n) is 1.94. The van der Waals surface area contributed by atoms with Gasteiger partial charge in [0.15, 0.2) is 0 Å². The molecule has 0 heterocycles. The minimum atomic E-state index is -3.10. The van der Waals surface area contributed by atoms with Crippen LogP contribution in [0.4, 0.5) is 4.39 Å². The van der Waals surface area contributed by atoms with Crippen LogP contribution >= 0.6 is 15.9 Å². The minimum absolute atomic E-state index is 0.0344. The molecule has 94 valence electrons. The number of halogens is 2. The third kappa shape index (κ3) is 4.82. The first kappa shape index (κ1) is 14.1. The topological polar surface area (TPSA) is 63.2 Å². The summed E-state index contributed by atoms with van der Waals surface area (Å²) in [7, 11) is -3.10. The number of carbonyl (C=O) groups excluding carboxylic acids is 1. The smallest absolute Gasteiger partial charge is 0.251 e. The van der Waals surface area contributed by atoms with Gasteiger partial charge in [0, 0.05) is 18.4 Å². The normalized spacial score (nSPS) is 11.2. The number of rotatable bonds is 4. The number of amides is 1. The molecule has 1 rings (SSSR count). The Bertz CT molecular complexity index is 530. The molecular formula is C10H11BrFNO3S. The Labute approximate surface area is 107 Å². The first-order chi connectivity index (χ1) is 7.79. The van der Waals surface area contributed by atoms with Crippen LogP contribution in [0.15, 0.2) is 22.7 Å². The lowest BCUT2D eigenvalue weighted by Gasteiger charge is -2.05. The highest BCUT2D eigenvalue weighted by Gasteiger charge is 2.09. The van der Waals surface area contributed by atoms with Crippen molar-refractivity contribution in [1.82, 2.24) is 5.32 Å². The number of sulfone groups is 1. The molecule has 0 saturated carbocycles. The summed E-state index contributed by atoms with van der Waals surface area (Å²) >= 11 is 2.96. The van der Waals surface area contributed by atoms with Gasteiger partial charge in [0.2, 0.25) is 0 Å². The summed E-state index contributed by atoms with van der Waals surface area (Å²) in [6.45, 7) is 0.0344. The molecule has 0 aromatic heterocycles. The van der Waals surface area contributed by atoms with Gasteiger partial charge in [0.25, 0.3) is 5.91 Å². The van der Waals surface area contributed by atoms with E-state index in [4.69, 9.17) is 0 Å². The summed E-state index contributed by atoms with van der Waals surface area (Å²) in [4.78, 5) is 11.5. The van der Waals surface area contributed by atoms with Gasteiger partial charge in [-0.05, 0) is 34.1 Å². The zero-order chi connectivity index (χ0) is 13.1. The van der Waals surface area contributed by atoms with E-state index in [9.17, 15) is 17.6 Å². The van der Waals surface area contributed by atoms with Crippen LogP contribution in [0.2, 0.25) is 0 Å². The molecule has 7 heteroatoms. The van der Waals surface area contributed by atoms with E-state index in [1.165, 1.54) is 12.1 Å². The van der Waals surface area contributed by atoms with E-state index in [0.29, 0.717) is 0 Å². The Morgan fingerprint density at radius 3 is 2.65 bits per heavy atom. The summed E-state index contributed by atoms with van der Waals surface area (Å²) < 4.78 is 34.8. The summed E-state index contributed by atoms with van der Waals surface area (Å²) in [5.41, 5.74) is 0.270. The highest BCUT2D eigenvalue weighted by molar-refractivity contribution is 9.10. The Morgan fingerprint density at radius 2 is 2.12 bits per heavy atom. The molecule has 17 heavy (non-hydrogen) atoms. The molecule has 0 bridgehead atoms. The second kappa shape index (κ2) is 5.59. The number of carbonyl (C=O) groups is 1. The summed E-state index contributed by atoms with van der Waals surface area (Å²) in [5, 5.41) is 2.44. The van der Waals surface area contributed by atoms with E-state index in [0.717, 1.165) is 12.3 Å². The fourth-order valence-corrected chi connectivity index (χ4v) is 1.94. The average molecular weight is 324 g/mol. The summed E-state index contributed by atoms with van der Waals surface area (Å²) in [5.74, 6) is -1.02. The van der Waals surface area contributed by atoms with Gasteiger partial charge in [0.1, 0.15) is 15.7 Å². The van der Waals surface area contributed by atoms with Crippen molar-refractivity contribution < 1.29 is 17.6 Å². The van der Waals surface area contributed by atoms with Gasteiger partial charge in [-0.3, -0.25) is 4.79 Å². The molecule has 1 aromatic carbocycles. The third-order valence-corrected chi connectivity index (χ3v) is 3.49. The number of hydrogen-bond donors (Lipinski definition) is 1. The molecule has 0 atom stereocenters. The molecular weight excluding hydrogens is 313 g/mol. The lowest BCUT2D eigenvalue weighted by molar-refractivity contribution is 0.0956. The van der Waals surface area contributed by atoms with Gasteiger partial charge in [-0.1, -0.05) is 0 Å². The predicted molar refractivity (Wildman–Crippen MR) is 66.1 cm³/mol. The van der Waals surface area contributed by atoms with Gasteiger partial charge in [0.05, 0.1) is 10.2 Å². The highest BCUT2D eigenvalue weighted by Crippen LogP contribution is 2.16. The van der Waals surface area contributed by atoms with Crippen molar-refractivity contribution in [1.29, 1.82) is 0 Å². The van der Waals surface area contributed by atoms with Crippen molar-refractivity contribution in [2.45, 2.75) is 0 Å². The van der Waals surface area contributed by atoms with Crippen LogP contribution < -0.4 is 5.32 Å². The second-order valence-electron chi connectivity index (χ2n) is 3.51. The van der Waals surface area contributed by atoms with Crippen LogP contribution in [-0.4, -0.2) is 32.9 Å². The fraction of sp³-hybridized carbons (Fsp3) is 0.300. The lowest BCUT2D eigenvalue weighted by atomic mass is 10.2. The Morgan fingerprint density at radius 1 is 1.47 bits per heavy atom. The van der Waals surface area contributed by atoms with E-state index in [1.54, 1.807) is 0 Å². The standard InChI is InChI=1S/C10H11BrFNO3S/c1-17(15,16)5-4-13-10(14)7-2-3-9(12)8(11)6-7/h2-3,6H,4-5H2,1H3,(H,13,14). The van der Waals surface area contributed by atoms with Crippen molar-refractivity contribution in [3.05, 3.63) is 34.1 Å². The van der Waals surface area contributed by atoms with Crippen LogP contribution in [-0.2, 0) is 9.84 Å². The van der Waals surface area contributed by atoms with E-state index in [2.05, 4.69) is 21.2 Å². The van der Waals surface area contributed by atoms with E-state index < -0.39 is 21.6 Å². The highest BCUT2D eigenvalue weighted by atomic mass is 79.9. The van der Waals surface area contributed by atoms with Crippen molar-refractivity contribution in [2.75, 3.05) is 18.6 Å². The van der Waals surface area contributed by atoms with Crippen LogP contribution in [0.3, 0.4) is 0 Å². The Balaban J connectivity index is 2.61. The number of hydrogen-bond acceptors (Lipinski definition) is 3. The number of benzene rings is 1. The molecule has 0 aliphatic carbocycles. The zero-order valence-corrected chi connectivity index (χ0v) is 11.4. The van der Waals surface area contributed by atoms with Crippen molar-refractivity contribution in [3.8, 4) is 0 Å². The largest absolute Gasteiger partial charge is 0.351 e. The molecule has 0 unspecified atom stereocenters. The van der Waals surface area contributed by atoms with E-state index >= 15 is 0 Å². The molecule has 0 aliphatic heterocycles. The molecule has 1 amide bonds. The molecule has 0 radical (unpaired) electrons. The Hall–Kier alpha value is -0.950. The molecule has 0 fully saturated rings. The van der Waals surface area contributed by atoms with Crippen LogP contribution in [0.5, 0.6) is 0 Å². The van der Waals surface area contributed by atoms with Gasteiger partial charge >= 0.3 is 0 Å². The van der Waals surface area contributed by atoms with E-state index in [-0.39, 0.29) is 22.3 Å². The van der Waals surface area contributed by atoms with Crippen molar-refractivity contribution in [3.63, 3.8) is 0 Å². The Kier molecular flexibility index (Phi) is 4.64. The average Bonchev–Trinajstić information content (AvgIpc) is 2.20. The first-order valence-electron chi connectivity index (χ1n) is 4.70. The monoisotopic (exact) mass is 323 g/mol. The van der Waals surface area contributed by atoms with Gasteiger partial charge in [-0.2, -0.15) is 0 Å². The summed E-state index contributed by atoms with van der Waals surface area (Å²) in [6, 6.07) is 3.83. The quantitative estimate of drug-likeness (QED) is 0.910. The van der Waals surface area contributed by atoms with Crippen molar-refractivity contribution in [2.24, 2.45) is 0 Å². The fourth-order valence-electron chi connectivity index (χ4n) is 1.09. The maximum Gasteiger partial charge on any atom is 0.251 e. The molecule has 1 aromatic rings. The SMILES string of the molecule is CS(=O)(=O)CCNC(=O)c1ccc(F)c(Br)c1. The van der Waals surface area contributed by atoms with E-state index in [1.807, 2.05) is 0 Å². The zero-order valence-electron chi connectivity index (χ0n) is 9.04. The minimum Gasteiger partial charge on any atom is -0.351 e. The van der Waals surface area contributed by atoms with Gasteiger partial charge in [-0.25, -0.2) is 12.8 Å². The van der Waals surface area contributed by atoms with Crippen LogP contribution in [0, 0.1) is 5.82 Å². The van der Waals surface area contributed by atoms with Gasteiger partial charge in [-0.15, -0.1) is 0 Å². The maximum atomic E-state index is 12.9. The summed E-state index contributed by atoms with van der Waals surface area (Å²) in [6.07, 6.45) is 1.09. The molecule has 4 nitrogen and oxygen atoms in total. The maximum absolute atomic E-state index is 12.9. The van der Waals surface area contributed by atoms with Gasteiger partial charge < -0.3 is 5.32 Å². The van der Waals surface area contributed by atoms with Crippen LogP contribution in [0.1, 0.15) is 10.4 Å². The predicted octanol–water partition coefficient (Wildman–Crippen LogP) is 1.36. The van der Waals surface area contributed by atoms with Crippen LogP contribution in [0.25, 0.3) is 0 Å². The molecule has 0 spiro atoms. The molecule has 0 saturated heterocycles. The second-order valence-corrected chi connectivity index (χ2v) is 6.63.